The number of hydrazone groups is 1. The minimum Gasteiger partial charge on any atom is -0.326 e. The lowest BCUT2D eigenvalue weighted by atomic mass is 10.0. The zero-order valence-corrected chi connectivity index (χ0v) is 7.02. The lowest BCUT2D eigenvalue weighted by Gasteiger charge is -2.16. The van der Waals surface area contributed by atoms with Gasteiger partial charge in [0.15, 0.2) is 0 Å². The van der Waals surface area contributed by atoms with Crippen LogP contribution in [-0.2, 0) is 0 Å². The van der Waals surface area contributed by atoms with E-state index in [4.69, 9.17) is 11.1 Å². The van der Waals surface area contributed by atoms with Crippen LogP contribution in [0, 0.1) is 5.41 Å². The topological polar surface area (TPSA) is 74.3 Å². The first-order chi connectivity index (χ1) is 5.66. The minimum absolute atomic E-state index is 0.378. The monoisotopic (exact) mass is 164 g/mol. The fourth-order valence-electron chi connectivity index (χ4n) is 1.04. The van der Waals surface area contributed by atoms with Crippen LogP contribution in [0.4, 0.5) is 0 Å². The molecule has 0 saturated heterocycles. The standard InChI is InChI=1S/C8H12N4/c1-5(10)8-4-11-12-6(2)7(8)3-9/h4,10,12H,2-3,9H2,1H3. The summed E-state index contributed by atoms with van der Waals surface area (Å²) in [6.07, 6.45) is 1.60. The fraction of sp³-hybridized carbons (Fsp3) is 0.250. The van der Waals surface area contributed by atoms with Crippen LogP contribution in [0.15, 0.2) is 28.5 Å². The molecular formula is C8H12N4. The van der Waals surface area contributed by atoms with Gasteiger partial charge in [0.2, 0.25) is 0 Å². The van der Waals surface area contributed by atoms with E-state index in [9.17, 15) is 0 Å². The fourth-order valence-corrected chi connectivity index (χ4v) is 1.04. The third-order valence-corrected chi connectivity index (χ3v) is 1.69. The Hall–Kier alpha value is -1.42. The number of rotatable bonds is 2. The number of hydrogen-bond acceptors (Lipinski definition) is 4. The van der Waals surface area contributed by atoms with Crippen molar-refractivity contribution in [3.63, 3.8) is 0 Å². The molecule has 4 heteroatoms. The van der Waals surface area contributed by atoms with Gasteiger partial charge in [0.25, 0.3) is 0 Å². The summed E-state index contributed by atoms with van der Waals surface area (Å²) >= 11 is 0. The summed E-state index contributed by atoms with van der Waals surface area (Å²) in [6.45, 7) is 5.82. The Kier molecular flexibility index (Phi) is 2.40. The molecule has 0 saturated carbocycles. The Morgan fingerprint density at radius 2 is 2.50 bits per heavy atom. The SMILES string of the molecule is C=C1NN=CC(C(C)=N)=C1CN. The largest absolute Gasteiger partial charge is 0.326 e. The van der Waals surface area contributed by atoms with Crippen LogP contribution < -0.4 is 11.2 Å². The van der Waals surface area contributed by atoms with Gasteiger partial charge in [0.05, 0.1) is 11.9 Å². The van der Waals surface area contributed by atoms with Crippen molar-refractivity contribution in [3.8, 4) is 0 Å². The molecule has 0 aromatic rings. The van der Waals surface area contributed by atoms with Gasteiger partial charge in [-0.05, 0) is 6.92 Å². The molecule has 0 amide bonds. The average molecular weight is 164 g/mol. The molecular weight excluding hydrogens is 152 g/mol. The molecule has 0 bridgehead atoms. The summed E-state index contributed by atoms with van der Waals surface area (Å²) in [6, 6.07) is 0. The molecule has 0 unspecified atom stereocenters. The van der Waals surface area contributed by atoms with E-state index in [0.29, 0.717) is 18.0 Å². The molecule has 1 heterocycles. The molecule has 1 aliphatic heterocycles. The Morgan fingerprint density at radius 3 is 2.92 bits per heavy atom. The van der Waals surface area contributed by atoms with Crippen molar-refractivity contribution in [2.45, 2.75) is 6.92 Å². The van der Waals surface area contributed by atoms with Crippen LogP contribution in [0.3, 0.4) is 0 Å². The van der Waals surface area contributed by atoms with Gasteiger partial charge in [0.1, 0.15) is 0 Å². The highest BCUT2D eigenvalue weighted by Crippen LogP contribution is 2.13. The molecule has 64 valence electrons. The van der Waals surface area contributed by atoms with Crippen molar-refractivity contribution < 1.29 is 0 Å². The summed E-state index contributed by atoms with van der Waals surface area (Å²) in [5.74, 6) is 0. The van der Waals surface area contributed by atoms with E-state index in [1.54, 1.807) is 13.1 Å². The molecule has 0 fully saturated rings. The number of allylic oxidation sites excluding steroid dienone is 1. The molecule has 0 atom stereocenters. The van der Waals surface area contributed by atoms with Crippen molar-refractivity contribution in [3.05, 3.63) is 23.4 Å². The highest BCUT2D eigenvalue weighted by molar-refractivity contribution is 6.15. The molecule has 0 radical (unpaired) electrons. The zero-order chi connectivity index (χ0) is 9.14. The van der Waals surface area contributed by atoms with Crippen LogP contribution >= 0.6 is 0 Å². The predicted octanol–water partition coefficient (Wildman–Crippen LogP) is 0.384. The van der Waals surface area contributed by atoms with Crippen molar-refractivity contribution in [1.29, 1.82) is 5.41 Å². The summed E-state index contributed by atoms with van der Waals surface area (Å²) in [4.78, 5) is 0. The van der Waals surface area contributed by atoms with E-state index in [2.05, 4.69) is 17.1 Å². The van der Waals surface area contributed by atoms with E-state index in [-0.39, 0.29) is 0 Å². The third kappa shape index (κ3) is 1.43. The Balaban J connectivity index is 3.11. The van der Waals surface area contributed by atoms with Crippen LogP contribution in [-0.4, -0.2) is 18.5 Å². The molecule has 0 aliphatic carbocycles. The Labute approximate surface area is 71.3 Å². The number of hydrogen-bond donors (Lipinski definition) is 3. The summed E-state index contributed by atoms with van der Waals surface area (Å²) in [5, 5.41) is 11.3. The number of nitrogens with one attached hydrogen (secondary N) is 2. The average Bonchev–Trinajstić information content (AvgIpc) is 2.03. The van der Waals surface area contributed by atoms with Crippen LogP contribution in [0.25, 0.3) is 0 Å². The van der Waals surface area contributed by atoms with Gasteiger partial charge in [-0.3, -0.25) is 5.43 Å². The predicted molar refractivity (Wildman–Crippen MR) is 50.2 cm³/mol. The minimum atomic E-state index is 0.378. The molecule has 4 N–H and O–H groups in total. The molecule has 1 aliphatic rings. The normalized spacial score (nSPS) is 16.3. The molecule has 0 spiro atoms. The maximum Gasteiger partial charge on any atom is 0.0566 e. The maximum absolute atomic E-state index is 7.44. The molecule has 0 aromatic heterocycles. The number of nitrogens with two attached hydrogens (primary N) is 1. The first-order valence-electron chi connectivity index (χ1n) is 3.64. The van der Waals surface area contributed by atoms with Gasteiger partial charge in [-0.1, -0.05) is 6.58 Å². The van der Waals surface area contributed by atoms with E-state index in [1.165, 1.54) is 0 Å². The van der Waals surface area contributed by atoms with Crippen molar-refractivity contribution >= 4 is 11.9 Å². The summed E-state index contributed by atoms with van der Waals surface area (Å²) in [5.41, 5.74) is 11.0. The van der Waals surface area contributed by atoms with E-state index >= 15 is 0 Å². The molecule has 1 rings (SSSR count). The smallest absolute Gasteiger partial charge is 0.0566 e. The highest BCUT2D eigenvalue weighted by Gasteiger charge is 2.12. The second-order valence-corrected chi connectivity index (χ2v) is 2.57. The Bertz CT molecular complexity index is 285. The lowest BCUT2D eigenvalue weighted by Crippen LogP contribution is -2.22. The maximum atomic E-state index is 7.44. The van der Waals surface area contributed by atoms with Gasteiger partial charge in [-0.15, -0.1) is 0 Å². The first-order valence-corrected chi connectivity index (χ1v) is 3.64. The van der Waals surface area contributed by atoms with Gasteiger partial charge >= 0.3 is 0 Å². The van der Waals surface area contributed by atoms with Crippen LogP contribution in [0.5, 0.6) is 0 Å². The molecule has 4 nitrogen and oxygen atoms in total. The lowest BCUT2D eigenvalue weighted by molar-refractivity contribution is 0.877. The van der Waals surface area contributed by atoms with Crippen LogP contribution in [0.2, 0.25) is 0 Å². The summed E-state index contributed by atoms with van der Waals surface area (Å²) < 4.78 is 0. The third-order valence-electron chi connectivity index (χ3n) is 1.69. The molecule has 12 heavy (non-hydrogen) atoms. The van der Waals surface area contributed by atoms with Crippen molar-refractivity contribution in [1.82, 2.24) is 5.43 Å². The first kappa shape index (κ1) is 8.67. The zero-order valence-electron chi connectivity index (χ0n) is 7.02. The highest BCUT2D eigenvalue weighted by atomic mass is 15.3. The van der Waals surface area contributed by atoms with Gasteiger partial charge in [0, 0.05) is 23.4 Å². The van der Waals surface area contributed by atoms with Gasteiger partial charge in [-0.2, -0.15) is 5.10 Å². The summed E-state index contributed by atoms with van der Waals surface area (Å²) in [7, 11) is 0. The number of nitrogens with zero attached hydrogens (tertiary/aromatic N) is 1. The second kappa shape index (κ2) is 3.32. The molecule has 0 aromatic carbocycles. The quantitative estimate of drug-likeness (QED) is 0.516. The van der Waals surface area contributed by atoms with E-state index in [0.717, 1.165) is 11.1 Å². The van der Waals surface area contributed by atoms with Crippen LogP contribution in [0.1, 0.15) is 6.92 Å². The van der Waals surface area contributed by atoms with Gasteiger partial charge in [-0.25, -0.2) is 0 Å². The van der Waals surface area contributed by atoms with Crippen molar-refractivity contribution in [2.24, 2.45) is 10.8 Å². The van der Waals surface area contributed by atoms with Crippen molar-refractivity contribution in [2.75, 3.05) is 6.54 Å². The van der Waals surface area contributed by atoms with E-state index in [1.807, 2.05) is 0 Å². The second-order valence-electron chi connectivity index (χ2n) is 2.57. The van der Waals surface area contributed by atoms with Gasteiger partial charge < -0.3 is 11.1 Å². The Morgan fingerprint density at radius 1 is 1.83 bits per heavy atom. The van der Waals surface area contributed by atoms with E-state index < -0.39 is 0 Å².